The molecule has 3 atom stereocenters. The first-order valence-electron chi connectivity index (χ1n) is 5.32. The SMILES string of the molecule is N=[N+]=N.O=c1ccn([C@H]2C[C@H](O)[C@@H](CO)O2)c(=O)[nH]1. The van der Waals surface area contributed by atoms with Gasteiger partial charge in [-0.2, -0.15) is 0 Å². The number of aliphatic hydroxyl groups excluding tert-OH is 2. The third kappa shape index (κ3) is 3.66. The highest BCUT2D eigenvalue weighted by Gasteiger charge is 2.34. The van der Waals surface area contributed by atoms with E-state index in [0.717, 1.165) is 0 Å². The normalized spacial score (nSPS) is 25.3. The number of nitrogens with zero attached hydrogens (tertiary/aromatic N) is 2. The van der Waals surface area contributed by atoms with Crippen LogP contribution in [0.25, 0.3) is 0 Å². The Morgan fingerprint density at radius 1 is 1.53 bits per heavy atom. The highest BCUT2D eigenvalue weighted by Crippen LogP contribution is 2.26. The third-order valence-corrected chi connectivity index (χ3v) is 2.55. The molecule has 1 saturated heterocycles. The van der Waals surface area contributed by atoms with Crippen LogP contribution in [-0.2, 0) is 4.74 Å². The lowest BCUT2D eigenvalue weighted by atomic mass is 10.2. The van der Waals surface area contributed by atoms with Crippen molar-refractivity contribution in [2.24, 2.45) is 0 Å². The van der Waals surface area contributed by atoms with Crippen LogP contribution in [0.2, 0.25) is 0 Å². The van der Waals surface area contributed by atoms with Crippen LogP contribution < -0.4 is 16.2 Å². The number of H-pyrrole nitrogens is 1. The maximum absolute atomic E-state index is 11.4. The predicted octanol–water partition coefficient (Wildman–Crippen LogP) is -1.71. The third-order valence-electron chi connectivity index (χ3n) is 2.55. The maximum atomic E-state index is 11.4. The summed E-state index contributed by atoms with van der Waals surface area (Å²) in [5.41, 5.74) is 9.92. The Kier molecular flexibility index (Phi) is 5.27. The molecular formula is C9H14N5O5+. The van der Waals surface area contributed by atoms with Gasteiger partial charge in [0.1, 0.15) is 23.4 Å². The molecule has 0 saturated carbocycles. The zero-order chi connectivity index (χ0) is 14.4. The second kappa shape index (κ2) is 6.71. The molecular weight excluding hydrogens is 258 g/mol. The summed E-state index contributed by atoms with van der Waals surface area (Å²) < 4.78 is 6.45. The van der Waals surface area contributed by atoms with Crippen molar-refractivity contribution in [2.75, 3.05) is 6.61 Å². The summed E-state index contributed by atoms with van der Waals surface area (Å²) in [6, 6.07) is 1.20. The van der Waals surface area contributed by atoms with E-state index in [4.69, 9.17) is 20.9 Å². The minimum Gasteiger partial charge on any atom is -0.394 e. The Balaban J connectivity index is 0.000000550. The van der Waals surface area contributed by atoms with Crippen molar-refractivity contribution < 1.29 is 14.9 Å². The fraction of sp³-hybridized carbons (Fsp3) is 0.556. The van der Waals surface area contributed by atoms with Crippen LogP contribution in [0.15, 0.2) is 21.9 Å². The number of aliphatic hydroxyl groups is 2. The molecule has 2 heterocycles. The molecule has 0 unspecified atom stereocenters. The zero-order valence-electron chi connectivity index (χ0n) is 9.81. The highest BCUT2D eigenvalue weighted by atomic mass is 16.5. The van der Waals surface area contributed by atoms with E-state index in [1.807, 2.05) is 4.91 Å². The van der Waals surface area contributed by atoms with Crippen LogP contribution >= 0.6 is 0 Å². The van der Waals surface area contributed by atoms with Crippen LogP contribution in [0.1, 0.15) is 12.6 Å². The average Bonchev–Trinajstić information content (AvgIpc) is 2.71. The number of hydrogen-bond donors (Lipinski definition) is 5. The Morgan fingerprint density at radius 3 is 2.63 bits per heavy atom. The van der Waals surface area contributed by atoms with E-state index >= 15 is 0 Å². The molecule has 0 amide bonds. The van der Waals surface area contributed by atoms with Gasteiger partial charge in [-0.25, -0.2) is 4.79 Å². The standard InChI is InChI=1S/C9H12N2O5.H2N3/c12-4-6-5(13)3-8(16-6)11-2-1-7(14)10-9(11)15;1-3-2/h1-2,5-6,8,12-13H,3-4H2,(H,10,14,15);1-2H/q;+1/t5-,6+,8+;/m0./s1. The molecule has 0 radical (unpaired) electrons. The van der Waals surface area contributed by atoms with Crippen molar-refractivity contribution in [1.82, 2.24) is 14.5 Å². The van der Waals surface area contributed by atoms with Gasteiger partial charge in [0.2, 0.25) is 4.91 Å². The highest BCUT2D eigenvalue weighted by molar-refractivity contribution is 4.88. The number of aromatic amines is 1. The second-order valence-corrected chi connectivity index (χ2v) is 3.74. The van der Waals surface area contributed by atoms with E-state index in [0.29, 0.717) is 0 Å². The first-order valence-corrected chi connectivity index (χ1v) is 5.32. The van der Waals surface area contributed by atoms with Crippen LogP contribution in [-0.4, -0.2) is 38.6 Å². The molecule has 1 aromatic rings. The molecule has 104 valence electrons. The topological polar surface area (TPSA) is 166 Å². The summed E-state index contributed by atoms with van der Waals surface area (Å²) in [7, 11) is 0. The lowest BCUT2D eigenvalue weighted by molar-refractivity contribution is -0.0459. The van der Waals surface area contributed by atoms with Gasteiger partial charge in [-0.15, -0.1) is 0 Å². The molecule has 0 aromatic carbocycles. The van der Waals surface area contributed by atoms with Crippen molar-refractivity contribution in [2.45, 2.75) is 24.9 Å². The van der Waals surface area contributed by atoms with E-state index in [1.54, 1.807) is 0 Å². The molecule has 1 aliphatic rings. The first-order chi connectivity index (χ1) is 9.03. The Morgan fingerprint density at radius 2 is 2.16 bits per heavy atom. The monoisotopic (exact) mass is 272 g/mol. The van der Waals surface area contributed by atoms with Crippen LogP contribution in [0.3, 0.4) is 0 Å². The molecule has 1 aliphatic heterocycles. The molecule has 0 aliphatic carbocycles. The minimum absolute atomic E-state index is 0.206. The van der Waals surface area contributed by atoms with Gasteiger partial charge in [0, 0.05) is 18.7 Å². The molecule has 0 bridgehead atoms. The maximum Gasteiger partial charge on any atom is 0.330 e. The quantitative estimate of drug-likeness (QED) is 0.319. The van der Waals surface area contributed by atoms with E-state index in [9.17, 15) is 14.7 Å². The van der Waals surface area contributed by atoms with Crippen molar-refractivity contribution in [1.29, 1.82) is 11.1 Å². The lowest BCUT2D eigenvalue weighted by Gasteiger charge is -2.13. The van der Waals surface area contributed by atoms with Crippen LogP contribution in [0, 0.1) is 11.1 Å². The molecule has 19 heavy (non-hydrogen) atoms. The van der Waals surface area contributed by atoms with E-state index in [1.165, 1.54) is 16.8 Å². The van der Waals surface area contributed by atoms with E-state index in [2.05, 4.69) is 4.98 Å². The summed E-state index contributed by atoms with van der Waals surface area (Å²) >= 11 is 0. The summed E-state index contributed by atoms with van der Waals surface area (Å²) in [6.45, 7) is -0.310. The molecule has 10 heteroatoms. The fourth-order valence-electron chi connectivity index (χ4n) is 1.70. The summed E-state index contributed by atoms with van der Waals surface area (Å²) in [5, 5.41) is 18.4. The molecule has 2 rings (SSSR count). The first kappa shape index (κ1) is 14.9. The number of hydrogen-bond acceptors (Lipinski definition) is 7. The molecule has 5 N–H and O–H groups in total. The Labute approximate surface area is 106 Å². The Bertz CT molecular complexity index is 561. The fourth-order valence-corrected chi connectivity index (χ4v) is 1.70. The lowest BCUT2D eigenvalue weighted by Crippen LogP contribution is -2.31. The van der Waals surface area contributed by atoms with E-state index < -0.39 is 29.7 Å². The number of rotatable bonds is 2. The van der Waals surface area contributed by atoms with Crippen molar-refractivity contribution >= 4 is 0 Å². The van der Waals surface area contributed by atoms with Crippen molar-refractivity contribution in [3.63, 3.8) is 0 Å². The van der Waals surface area contributed by atoms with Crippen molar-refractivity contribution in [3.05, 3.63) is 33.1 Å². The van der Waals surface area contributed by atoms with Gasteiger partial charge in [0.25, 0.3) is 5.56 Å². The van der Waals surface area contributed by atoms with Gasteiger partial charge >= 0.3 is 5.69 Å². The van der Waals surface area contributed by atoms with Crippen molar-refractivity contribution in [3.8, 4) is 0 Å². The summed E-state index contributed by atoms with van der Waals surface area (Å²) in [4.78, 5) is 26.3. The van der Waals surface area contributed by atoms with Gasteiger partial charge in [-0.1, -0.05) is 0 Å². The molecule has 0 spiro atoms. The Hall–Kier alpha value is -2.13. The largest absolute Gasteiger partial charge is 0.394 e. The smallest absolute Gasteiger partial charge is 0.330 e. The van der Waals surface area contributed by atoms with E-state index in [-0.39, 0.29) is 13.0 Å². The number of ether oxygens (including phenoxy) is 1. The number of nitrogens with one attached hydrogen (secondary N) is 3. The molecule has 1 aromatic heterocycles. The molecule has 10 nitrogen and oxygen atoms in total. The van der Waals surface area contributed by atoms with Gasteiger partial charge < -0.3 is 14.9 Å². The van der Waals surface area contributed by atoms with Gasteiger partial charge in [0.15, 0.2) is 0 Å². The van der Waals surface area contributed by atoms with Crippen LogP contribution in [0.4, 0.5) is 0 Å². The summed E-state index contributed by atoms with van der Waals surface area (Å²) in [5.74, 6) is 0. The van der Waals surface area contributed by atoms with Gasteiger partial charge in [-0.3, -0.25) is 14.3 Å². The zero-order valence-corrected chi connectivity index (χ0v) is 9.81. The van der Waals surface area contributed by atoms with Crippen LogP contribution in [0.5, 0.6) is 0 Å². The summed E-state index contributed by atoms with van der Waals surface area (Å²) in [6.07, 6.45) is -0.649. The number of aromatic nitrogens is 2. The van der Waals surface area contributed by atoms with Gasteiger partial charge in [0.05, 0.1) is 12.7 Å². The average molecular weight is 272 g/mol. The minimum atomic E-state index is -0.811. The second-order valence-electron chi connectivity index (χ2n) is 3.74. The predicted molar refractivity (Wildman–Crippen MR) is 60.5 cm³/mol. The van der Waals surface area contributed by atoms with Gasteiger partial charge in [-0.05, 0) is 0 Å². The molecule has 1 fully saturated rings.